The Labute approximate surface area is 64.3 Å². The SMILES string of the molecule is N/N=C(/Cl)c1ccccc1. The Balaban J connectivity index is 2.96. The first-order chi connectivity index (χ1) is 4.84. The van der Waals surface area contributed by atoms with Crippen LogP contribution in [-0.2, 0) is 0 Å². The van der Waals surface area contributed by atoms with E-state index in [4.69, 9.17) is 17.4 Å². The molecule has 0 fully saturated rings. The Morgan fingerprint density at radius 1 is 1.30 bits per heavy atom. The molecule has 0 saturated carbocycles. The molecule has 52 valence electrons. The second-order valence-corrected chi connectivity index (χ2v) is 2.14. The molecule has 0 bridgehead atoms. The molecular weight excluding hydrogens is 148 g/mol. The molecule has 1 rings (SSSR count). The van der Waals surface area contributed by atoms with Crippen LogP contribution in [0.15, 0.2) is 35.4 Å². The Hall–Kier alpha value is -1.02. The molecule has 3 heteroatoms. The van der Waals surface area contributed by atoms with Gasteiger partial charge in [0.1, 0.15) is 0 Å². The minimum atomic E-state index is 0.334. The van der Waals surface area contributed by atoms with Crippen LogP contribution in [0.5, 0.6) is 0 Å². The van der Waals surface area contributed by atoms with Gasteiger partial charge in [0.25, 0.3) is 0 Å². The van der Waals surface area contributed by atoms with Crippen LogP contribution in [0, 0.1) is 0 Å². The van der Waals surface area contributed by atoms with Gasteiger partial charge in [0.15, 0.2) is 5.17 Å². The Bertz CT molecular complexity index is 231. The van der Waals surface area contributed by atoms with Gasteiger partial charge in [-0.25, -0.2) is 0 Å². The summed E-state index contributed by atoms with van der Waals surface area (Å²) in [5.74, 6) is 4.96. The smallest absolute Gasteiger partial charge is 0.155 e. The van der Waals surface area contributed by atoms with Gasteiger partial charge in [0, 0.05) is 5.56 Å². The van der Waals surface area contributed by atoms with E-state index in [0.29, 0.717) is 5.17 Å². The summed E-state index contributed by atoms with van der Waals surface area (Å²) in [6.07, 6.45) is 0. The highest BCUT2D eigenvalue weighted by atomic mass is 35.5. The van der Waals surface area contributed by atoms with Crippen LogP contribution in [0.2, 0.25) is 0 Å². The summed E-state index contributed by atoms with van der Waals surface area (Å²) in [6.45, 7) is 0. The molecule has 2 N–H and O–H groups in total. The summed E-state index contributed by atoms with van der Waals surface area (Å²) in [6, 6.07) is 9.35. The molecule has 0 aromatic heterocycles. The summed E-state index contributed by atoms with van der Waals surface area (Å²) in [5.41, 5.74) is 0.840. The zero-order valence-corrected chi connectivity index (χ0v) is 6.05. The van der Waals surface area contributed by atoms with Gasteiger partial charge in [-0.1, -0.05) is 41.9 Å². The standard InChI is InChI=1S/C7H7ClN2/c8-7(10-9)6-4-2-1-3-5-6/h1-5H,9H2/b10-7+. The summed E-state index contributed by atoms with van der Waals surface area (Å²) in [5, 5.41) is 3.67. The quantitative estimate of drug-likeness (QED) is 0.372. The van der Waals surface area contributed by atoms with Crippen LogP contribution < -0.4 is 5.84 Å². The van der Waals surface area contributed by atoms with Crippen LogP contribution in [0.3, 0.4) is 0 Å². The molecule has 1 aromatic rings. The molecule has 10 heavy (non-hydrogen) atoms. The molecule has 0 atom stereocenters. The highest BCUT2D eigenvalue weighted by molar-refractivity contribution is 6.69. The number of rotatable bonds is 1. The number of nitrogens with two attached hydrogens (primary N) is 1. The predicted octanol–water partition coefficient (Wildman–Crippen LogP) is 1.55. The maximum Gasteiger partial charge on any atom is 0.155 e. The second-order valence-electron chi connectivity index (χ2n) is 1.79. The van der Waals surface area contributed by atoms with Crippen molar-refractivity contribution in [2.75, 3.05) is 0 Å². The minimum absolute atomic E-state index is 0.334. The molecule has 0 radical (unpaired) electrons. The second kappa shape index (κ2) is 3.22. The van der Waals surface area contributed by atoms with Gasteiger partial charge in [0.2, 0.25) is 0 Å². The lowest BCUT2D eigenvalue weighted by Crippen LogP contribution is -1.94. The fraction of sp³-hybridized carbons (Fsp3) is 0. The highest BCUT2D eigenvalue weighted by Crippen LogP contribution is 2.02. The molecular formula is C7H7ClN2. The zero-order valence-electron chi connectivity index (χ0n) is 5.29. The first-order valence-corrected chi connectivity index (χ1v) is 3.21. The van der Waals surface area contributed by atoms with E-state index in [-0.39, 0.29) is 0 Å². The Morgan fingerprint density at radius 3 is 2.40 bits per heavy atom. The van der Waals surface area contributed by atoms with Gasteiger partial charge in [-0.3, -0.25) is 0 Å². The van der Waals surface area contributed by atoms with Gasteiger partial charge >= 0.3 is 0 Å². The Kier molecular flexibility index (Phi) is 2.29. The molecule has 0 spiro atoms. The van der Waals surface area contributed by atoms with Gasteiger partial charge in [0.05, 0.1) is 0 Å². The van der Waals surface area contributed by atoms with Crippen LogP contribution in [0.4, 0.5) is 0 Å². The van der Waals surface area contributed by atoms with Crippen molar-refractivity contribution in [3.8, 4) is 0 Å². The molecule has 1 aromatic carbocycles. The lowest BCUT2D eigenvalue weighted by atomic mass is 10.2. The predicted molar refractivity (Wildman–Crippen MR) is 43.0 cm³/mol. The van der Waals surface area contributed by atoms with E-state index >= 15 is 0 Å². The third-order valence-corrected chi connectivity index (χ3v) is 1.44. The molecule has 0 saturated heterocycles. The summed E-state index contributed by atoms with van der Waals surface area (Å²) in [7, 11) is 0. The highest BCUT2D eigenvalue weighted by Gasteiger charge is 1.94. The first kappa shape index (κ1) is 7.09. The van der Waals surface area contributed by atoms with Crippen molar-refractivity contribution in [2.45, 2.75) is 0 Å². The molecule has 2 nitrogen and oxygen atoms in total. The maximum absolute atomic E-state index is 5.62. The molecule has 0 aliphatic heterocycles. The van der Waals surface area contributed by atoms with E-state index in [0.717, 1.165) is 5.56 Å². The summed E-state index contributed by atoms with van der Waals surface area (Å²) >= 11 is 5.62. The van der Waals surface area contributed by atoms with Crippen molar-refractivity contribution in [1.29, 1.82) is 0 Å². The number of hydrogen-bond donors (Lipinski definition) is 1. The fourth-order valence-corrected chi connectivity index (χ4v) is 0.776. The summed E-state index contributed by atoms with van der Waals surface area (Å²) < 4.78 is 0. The van der Waals surface area contributed by atoms with Crippen molar-refractivity contribution >= 4 is 16.8 Å². The van der Waals surface area contributed by atoms with E-state index in [1.165, 1.54) is 0 Å². The topological polar surface area (TPSA) is 38.4 Å². The maximum atomic E-state index is 5.62. The van der Waals surface area contributed by atoms with Gasteiger partial charge in [-0.2, -0.15) is 5.10 Å². The monoisotopic (exact) mass is 154 g/mol. The van der Waals surface area contributed by atoms with Crippen molar-refractivity contribution in [1.82, 2.24) is 0 Å². The van der Waals surface area contributed by atoms with E-state index in [1.807, 2.05) is 30.3 Å². The third-order valence-electron chi connectivity index (χ3n) is 1.13. The van der Waals surface area contributed by atoms with E-state index < -0.39 is 0 Å². The third kappa shape index (κ3) is 1.48. The van der Waals surface area contributed by atoms with Gasteiger partial charge in [-0.05, 0) is 0 Å². The lowest BCUT2D eigenvalue weighted by molar-refractivity contribution is 1.26. The fourth-order valence-electron chi connectivity index (χ4n) is 0.650. The largest absolute Gasteiger partial charge is 0.322 e. The van der Waals surface area contributed by atoms with Crippen molar-refractivity contribution in [3.63, 3.8) is 0 Å². The molecule has 0 amide bonds. The van der Waals surface area contributed by atoms with Crippen molar-refractivity contribution < 1.29 is 0 Å². The van der Waals surface area contributed by atoms with Crippen LogP contribution in [-0.4, -0.2) is 5.17 Å². The zero-order chi connectivity index (χ0) is 7.40. The number of halogens is 1. The van der Waals surface area contributed by atoms with Crippen molar-refractivity contribution in [3.05, 3.63) is 35.9 Å². The number of benzene rings is 1. The van der Waals surface area contributed by atoms with E-state index in [1.54, 1.807) is 0 Å². The first-order valence-electron chi connectivity index (χ1n) is 2.83. The lowest BCUT2D eigenvalue weighted by Gasteiger charge is -1.92. The number of nitrogens with zero attached hydrogens (tertiary/aromatic N) is 1. The minimum Gasteiger partial charge on any atom is -0.322 e. The van der Waals surface area contributed by atoms with Gasteiger partial charge in [-0.15, -0.1) is 0 Å². The van der Waals surface area contributed by atoms with Gasteiger partial charge < -0.3 is 5.84 Å². The average molecular weight is 155 g/mol. The molecule has 0 aliphatic rings. The van der Waals surface area contributed by atoms with Crippen LogP contribution in [0.25, 0.3) is 0 Å². The average Bonchev–Trinajstić information content (AvgIpc) is 2.05. The normalized spacial score (nSPS) is 11.5. The van der Waals surface area contributed by atoms with Crippen LogP contribution >= 0.6 is 11.6 Å². The van der Waals surface area contributed by atoms with Crippen molar-refractivity contribution in [2.24, 2.45) is 10.9 Å². The molecule has 0 heterocycles. The number of hydrazone groups is 1. The Morgan fingerprint density at radius 2 is 1.90 bits per heavy atom. The van der Waals surface area contributed by atoms with E-state index in [2.05, 4.69) is 5.10 Å². The number of hydrogen-bond acceptors (Lipinski definition) is 2. The van der Waals surface area contributed by atoms with Crippen LogP contribution in [0.1, 0.15) is 5.56 Å². The molecule has 0 aliphatic carbocycles. The summed E-state index contributed by atoms with van der Waals surface area (Å²) in [4.78, 5) is 0. The van der Waals surface area contributed by atoms with E-state index in [9.17, 15) is 0 Å². The molecule has 0 unspecified atom stereocenters.